The summed E-state index contributed by atoms with van der Waals surface area (Å²) in [5.41, 5.74) is 1.97. The predicted octanol–water partition coefficient (Wildman–Crippen LogP) is 4.49. The number of aryl methyl sites for hydroxylation is 2. The van der Waals surface area contributed by atoms with Gasteiger partial charge in [0.1, 0.15) is 23.5 Å². The lowest BCUT2D eigenvalue weighted by molar-refractivity contribution is 0.103. The zero-order valence-corrected chi connectivity index (χ0v) is 17.7. The molecule has 0 aliphatic heterocycles. The SMILES string of the molecule is CCCc1nc(-c2ccc(Oc3ccc(CCC(CO)(CO)NCl)cc3)cc2)co1. The Hall–Kier alpha value is -2.38. The van der Waals surface area contributed by atoms with E-state index in [1.807, 2.05) is 48.5 Å². The number of aromatic nitrogens is 1. The molecule has 6 nitrogen and oxygen atoms in total. The van der Waals surface area contributed by atoms with Crippen LogP contribution < -0.4 is 9.57 Å². The number of benzene rings is 2. The van der Waals surface area contributed by atoms with Crippen LogP contribution in [0.15, 0.2) is 59.2 Å². The monoisotopic (exact) mass is 430 g/mol. The number of oxazole rings is 1. The van der Waals surface area contributed by atoms with Crippen LogP contribution in [0.4, 0.5) is 0 Å². The average molecular weight is 431 g/mol. The van der Waals surface area contributed by atoms with Crippen LogP contribution in [-0.2, 0) is 12.8 Å². The lowest BCUT2D eigenvalue weighted by Gasteiger charge is -2.27. The molecule has 1 aromatic heterocycles. The van der Waals surface area contributed by atoms with Crippen molar-refractivity contribution in [2.45, 2.75) is 38.1 Å². The number of aliphatic hydroxyl groups is 2. The molecule has 0 aliphatic carbocycles. The van der Waals surface area contributed by atoms with Gasteiger partial charge in [-0.1, -0.05) is 19.1 Å². The quantitative estimate of drug-likeness (QED) is 0.388. The molecule has 160 valence electrons. The van der Waals surface area contributed by atoms with Gasteiger partial charge in [0, 0.05) is 12.0 Å². The maximum Gasteiger partial charge on any atom is 0.194 e. The fourth-order valence-electron chi connectivity index (χ4n) is 3.02. The van der Waals surface area contributed by atoms with Gasteiger partial charge in [0.2, 0.25) is 0 Å². The summed E-state index contributed by atoms with van der Waals surface area (Å²) in [5.74, 6) is 2.21. The molecule has 0 fully saturated rings. The van der Waals surface area contributed by atoms with Gasteiger partial charge >= 0.3 is 0 Å². The van der Waals surface area contributed by atoms with E-state index in [1.54, 1.807) is 6.26 Å². The molecule has 2 aromatic carbocycles. The van der Waals surface area contributed by atoms with Crippen molar-refractivity contribution in [3.05, 3.63) is 66.2 Å². The molecule has 0 saturated heterocycles. The highest BCUT2D eigenvalue weighted by atomic mass is 35.5. The van der Waals surface area contributed by atoms with Gasteiger partial charge in [-0.25, -0.2) is 9.82 Å². The van der Waals surface area contributed by atoms with Crippen molar-refractivity contribution in [2.75, 3.05) is 13.2 Å². The van der Waals surface area contributed by atoms with Crippen LogP contribution in [0.25, 0.3) is 11.3 Å². The zero-order chi connectivity index (χ0) is 21.4. The molecule has 30 heavy (non-hydrogen) atoms. The first-order valence-electron chi connectivity index (χ1n) is 10.0. The number of ether oxygens (including phenoxy) is 1. The van der Waals surface area contributed by atoms with Crippen LogP contribution in [0, 0.1) is 0 Å². The first-order valence-corrected chi connectivity index (χ1v) is 10.4. The summed E-state index contributed by atoms with van der Waals surface area (Å²) in [6.45, 7) is 1.62. The van der Waals surface area contributed by atoms with Gasteiger partial charge < -0.3 is 19.4 Å². The lowest BCUT2D eigenvalue weighted by atomic mass is 9.94. The van der Waals surface area contributed by atoms with Gasteiger partial charge in [0.15, 0.2) is 5.89 Å². The molecule has 1 heterocycles. The normalized spacial score (nSPS) is 11.6. The molecular formula is C23H27ClN2O4. The Balaban J connectivity index is 1.58. The van der Waals surface area contributed by atoms with Crippen LogP contribution in [0.1, 0.15) is 31.2 Å². The van der Waals surface area contributed by atoms with Crippen molar-refractivity contribution < 1.29 is 19.4 Å². The average Bonchev–Trinajstić information content (AvgIpc) is 3.26. The Morgan fingerprint density at radius 2 is 1.63 bits per heavy atom. The highest BCUT2D eigenvalue weighted by Gasteiger charge is 2.27. The molecule has 0 unspecified atom stereocenters. The molecule has 0 aliphatic rings. The Kier molecular flexibility index (Phi) is 7.87. The van der Waals surface area contributed by atoms with E-state index in [9.17, 15) is 10.2 Å². The third kappa shape index (κ3) is 5.61. The van der Waals surface area contributed by atoms with E-state index in [0.717, 1.165) is 47.1 Å². The number of halogens is 1. The minimum Gasteiger partial charge on any atom is -0.457 e. The van der Waals surface area contributed by atoms with Gasteiger partial charge in [-0.05, 0) is 73.0 Å². The standard InChI is InChI=1S/C23H27ClN2O4/c1-2-3-22-25-21(14-29-22)18-6-10-20(11-7-18)30-19-8-4-17(5-9-19)12-13-23(15-27,16-28)26-24/h4-11,14,26-28H,2-3,12-13,15-16H2,1H3. The predicted molar refractivity (Wildman–Crippen MR) is 117 cm³/mol. The minimum absolute atomic E-state index is 0.238. The van der Waals surface area contributed by atoms with E-state index < -0.39 is 5.54 Å². The first-order chi connectivity index (χ1) is 14.6. The Morgan fingerprint density at radius 1 is 1.00 bits per heavy atom. The van der Waals surface area contributed by atoms with Crippen LogP contribution in [0.3, 0.4) is 0 Å². The maximum absolute atomic E-state index is 9.44. The van der Waals surface area contributed by atoms with Gasteiger partial charge in [0.25, 0.3) is 0 Å². The summed E-state index contributed by atoms with van der Waals surface area (Å²) in [6.07, 6.45) is 4.68. The third-order valence-electron chi connectivity index (χ3n) is 5.02. The van der Waals surface area contributed by atoms with Crippen molar-refractivity contribution in [1.29, 1.82) is 0 Å². The van der Waals surface area contributed by atoms with E-state index in [-0.39, 0.29) is 13.2 Å². The van der Waals surface area contributed by atoms with Crippen molar-refractivity contribution in [3.8, 4) is 22.8 Å². The number of nitrogens with zero attached hydrogens (tertiary/aromatic N) is 1. The molecule has 0 radical (unpaired) electrons. The van der Waals surface area contributed by atoms with E-state index in [1.165, 1.54) is 0 Å². The van der Waals surface area contributed by atoms with Gasteiger partial charge in [0.05, 0.1) is 18.8 Å². The van der Waals surface area contributed by atoms with Crippen LogP contribution in [-0.4, -0.2) is 33.9 Å². The molecule has 0 atom stereocenters. The van der Waals surface area contributed by atoms with Crippen molar-refractivity contribution >= 4 is 11.8 Å². The minimum atomic E-state index is -0.889. The first kappa shape index (κ1) is 22.3. The topological polar surface area (TPSA) is 87.8 Å². The fourth-order valence-corrected chi connectivity index (χ4v) is 3.24. The Morgan fingerprint density at radius 3 is 2.20 bits per heavy atom. The highest BCUT2D eigenvalue weighted by Crippen LogP contribution is 2.26. The van der Waals surface area contributed by atoms with E-state index in [2.05, 4.69) is 16.7 Å². The van der Waals surface area contributed by atoms with E-state index in [0.29, 0.717) is 12.8 Å². The molecule has 0 spiro atoms. The number of hydrogen-bond donors (Lipinski definition) is 3. The zero-order valence-electron chi connectivity index (χ0n) is 17.0. The Bertz CT molecular complexity index is 897. The molecule has 0 amide bonds. The van der Waals surface area contributed by atoms with Crippen LogP contribution in [0.2, 0.25) is 0 Å². The fraction of sp³-hybridized carbons (Fsp3) is 0.348. The molecular weight excluding hydrogens is 404 g/mol. The Labute approximate surface area is 181 Å². The second-order valence-electron chi connectivity index (χ2n) is 7.34. The number of hydrogen-bond acceptors (Lipinski definition) is 6. The molecule has 3 aromatic rings. The largest absolute Gasteiger partial charge is 0.457 e. The van der Waals surface area contributed by atoms with E-state index >= 15 is 0 Å². The summed E-state index contributed by atoms with van der Waals surface area (Å²) in [6, 6.07) is 15.4. The van der Waals surface area contributed by atoms with Crippen LogP contribution >= 0.6 is 11.8 Å². The lowest BCUT2D eigenvalue weighted by Crippen LogP contribution is -2.47. The van der Waals surface area contributed by atoms with Gasteiger partial charge in [-0.3, -0.25) is 0 Å². The second-order valence-corrected chi connectivity index (χ2v) is 7.53. The summed E-state index contributed by atoms with van der Waals surface area (Å²) in [4.78, 5) is 6.99. The van der Waals surface area contributed by atoms with Gasteiger partial charge in [-0.2, -0.15) is 0 Å². The van der Waals surface area contributed by atoms with Crippen molar-refractivity contribution in [2.24, 2.45) is 0 Å². The number of nitrogens with one attached hydrogen (secondary N) is 1. The van der Waals surface area contributed by atoms with Crippen molar-refractivity contribution in [3.63, 3.8) is 0 Å². The molecule has 7 heteroatoms. The van der Waals surface area contributed by atoms with Crippen LogP contribution in [0.5, 0.6) is 11.5 Å². The molecule has 0 saturated carbocycles. The number of rotatable bonds is 11. The molecule has 0 bridgehead atoms. The summed E-state index contributed by atoms with van der Waals surface area (Å²) >= 11 is 5.67. The van der Waals surface area contributed by atoms with E-state index in [4.69, 9.17) is 20.9 Å². The summed E-state index contributed by atoms with van der Waals surface area (Å²) in [7, 11) is 0. The smallest absolute Gasteiger partial charge is 0.194 e. The highest BCUT2D eigenvalue weighted by molar-refractivity contribution is 6.13. The summed E-state index contributed by atoms with van der Waals surface area (Å²) < 4.78 is 11.4. The molecule has 3 N–H and O–H groups in total. The van der Waals surface area contributed by atoms with Crippen molar-refractivity contribution in [1.82, 2.24) is 9.82 Å². The summed E-state index contributed by atoms with van der Waals surface area (Å²) in [5, 5.41) is 18.9. The van der Waals surface area contributed by atoms with Gasteiger partial charge in [-0.15, -0.1) is 0 Å². The second kappa shape index (κ2) is 10.6. The molecule has 3 rings (SSSR count). The third-order valence-corrected chi connectivity index (χ3v) is 5.42. The number of aliphatic hydroxyl groups excluding tert-OH is 2. The maximum atomic E-state index is 9.44.